The lowest BCUT2D eigenvalue weighted by Crippen LogP contribution is -2.30. The van der Waals surface area contributed by atoms with E-state index in [-0.39, 0.29) is 0 Å². The molecule has 4 atom stereocenters. The first-order valence-corrected chi connectivity index (χ1v) is 7.85. The zero-order chi connectivity index (χ0) is 12.9. The van der Waals surface area contributed by atoms with Crippen molar-refractivity contribution in [2.24, 2.45) is 17.8 Å². The maximum atomic E-state index is 10.8. The number of hydrogen-bond acceptors (Lipinski definition) is 1. The smallest absolute Gasteiger partial charge is 0.150 e. The number of carbonyl (C=O) groups is 1. The summed E-state index contributed by atoms with van der Waals surface area (Å²) in [4.78, 5) is 10.8. The van der Waals surface area contributed by atoms with E-state index in [1.165, 1.54) is 50.5 Å². The second-order valence-electron chi connectivity index (χ2n) is 7.19. The molecule has 0 amide bonds. The van der Waals surface area contributed by atoms with Gasteiger partial charge in [0.2, 0.25) is 0 Å². The Morgan fingerprint density at radius 1 is 1.00 bits per heavy atom. The second kappa shape index (κ2) is 4.19. The Morgan fingerprint density at radius 2 is 1.79 bits per heavy atom. The van der Waals surface area contributed by atoms with Crippen LogP contribution in [0.25, 0.3) is 0 Å². The van der Waals surface area contributed by atoms with E-state index in [9.17, 15) is 4.79 Å². The van der Waals surface area contributed by atoms with Crippen molar-refractivity contribution in [1.82, 2.24) is 0 Å². The van der Waals surface area contributed by atoms with Gasteiger partial charge in [0, 0.05) is 5.56 Å². The molecule has 0 aliphatic heterocycles. The van der Waals surface area contributed by atoms with E-state index in [1.54, 1.807) is 0 Å². The van der Waals surface area contributed by atoms with Gasteiger partial charge in [0.1, 0.15) is 6.29 Å². The van der Waals surface area contributed by atoms with Gasteiger partial charge in [-0.3, -0.25) is 4.79 Å². The van der Waals surface area contributed by atoms with E-state index in [1.807, 2.05) is 12.1 Å². The molecule has 0 aromatic heterocycles. The molecule has 19 heavy (non-hydrogen) atoms. The van der Waals surface area contributed by atoms with Crippen LogP contribution in [0.5, 0.6) is 0 Å². The summed E-state index contributed by atoms with van der Waals surface area (Å²) in [5.74, 6) is 2.95. The Morgan fingerprint density at radius 3 is 2.58 bits per heavy atom. The molecule has 0 spiro atoms. The van der Waals surface area contributed by atoms with Gasteiger partial charge in [-0.15, -0.1) is 0 Å². The van der Waals surface area contributed by atoms with Gasteiger partial charge in [0.05, 0.1) is 0 Å². The van der Waals surface area contributed by atoms with Gasteiger partial charge in [0.15, 0.2) is 0 Å². The van der Waals surface area contributed by atoms with E-state index >= 15 is 0 Å². The zero-order valence-electron chi connectivity index (χ0n) is 11.5. The van der Waals surface area contributed by atoms with Gasteiger partial charge in [-0.25, -0.2) is 0 Å². The quantitative estimate of drug-likeness (QED) is 0.717. The normalized spacial score (nSPS) is 40.1. The van der Waals surface area contributed by atoms with Gasteiger partial charge in [-0.05, 0) is 54.4 Å². The topological polar surface area (TPSA) is 17.1 Å². The molecule has 3 fully saturated rings. The molecule has 3 bridgehead atoms. The van der Waals surface area contributed by atoms with Gasteiger partial charge < -0.3 is 0 Å². The average Bonchev–Trinajstić information content (AvgIpc) is 2.61. The van der Waals surface area contributed by atoms with Crippen LogP contribution in [0.15, 0.2) is 24.3 Å². The maximum absolute atomic E-state index is 10.8. The summed E-state index contributed by atoms with van der Waals surface area (Å²) in [6, 6.07) is 8.48. The molecule has 3 saturated carbocycles. The fourth-order valence-electron chi connectivity index (χ4n) is 5.42. The predicted molar refractivity (Wildman–Crippen MR) is 76.3 cm³/mol. The van der Waals surface area contributed by atoms with Crippen LogP contribution in [-0.2, 0) is 5.41 Å². The summed E-state index contributed by atoms with van der Waals surface area (Å²) >= 11 is 0. The average molecular weight is 254 g/mol. The molecule has 0 heterocycles. The summed E-state index contributed by atoms with van der Waals surface area (Å²) in [5, 5.41) is 0. The van der Waals surface area contributed by atoms with Gasteiger partial charge in [-0.1, -0.05) is 43.5 Å². The number of fused-ring (bicyclic) bond motifs is 2. The Labute approximate surface area is 115 Å². The molecule has 3 aliphatic rings. The van der Waals surface area contributed by atoms with Crippen molar-refractivity contribution >= 4 is 6.29 Å². The monoisotopic (exact) mass is 254 g/mol. The fraction of sp³-hybridized carbons (Fsp3) is 0.611. The predicted octanol–water partition coefficient (Wildman–Crippen LogP) is 4.36. The highest BCUT2D eigenvalue weighted by molar-refractivity contribution is 5.74. The number of carbonyl (C=O) groups excluding carboxylic acids is 1. The lowest BCUT2D eigenvalue weighted by molar-refractivity contribution is 0.112. The minimum atomic E-state index is 0.458. The molecule has 0 saturated heterocycles. The van der Waals surface area contributed by atoms with Crippen LogP contribution in [-0.4, -0.2) is 6.29 Å². The molecular formula is C18H22O. The highest BCUT2D eigenvalue weighted by Crippen LogP contribution is 2.60. The van der Waals surface area contributed by atoms with Crippen LogP contribution in [0.2, 0.25) is 0 Å². The van der Waals surface area contributed by atoms with Gasteiger partial charge >= 0.3 is 0 Å². The van der Waals surface area contributed by atoms with Crippen LogP contribution in [0.4, 0.5) is 0 Å². The van der Waals surface area contributed by atoms with Crippen LogP contribution < -0.4 is 0 Å². The molecule has 1 heteroatoms. The summed E-state index contributed by atoms with van der Waals surface area (Å²) in [5.41, 5.74) is 2.78. The van der Waals surface area contributed by atoms with E-state index in [2.05, 4.69) is 12.1 Å². The highest BCUT2D eigenvalue weighted by Gasteiger charge is 2.51. The zero-order valence-corrected chi connectivity index (χ0v) is 11.5. The van der Waals surface area contributed by atoms with Crippen LogP contribution in [0.1, 0.15) is 60.9 Å². The van der Waals surface area contributed by atoms with E-state index in [0.717, 1.165) is 29.6 Å². The van der Waals surface area contributed by atoms with Crippen LogP contribution in [0, 0.1) is 17.8 Å². The Balaban J connectivity index is 1.71. The van der Waals surface area contributed by atoms with Crippen molar-refractivity contribution in [2.75, 3.05) is 0 Å². The molecule has 4 rings (SSSR count). The standard InChI is InChI=1S/C18H22O/c19-12-13-4-6-17(7-5-13)18-9-14-2-1-3-15(10-18)16(8-14)11-18/h4-7,12,14-16H,1-3,8-11H2/t14-,15-,16?,18+/m0/s1. The van der Waals surface area contributed by atoms with Gasteiger partial charge in [-0.2, -0.15) is 0 Å². The van der Waals surface area contributed by atoms with Crippen molar-refractivity contribution < 1.29 is 4.79 Å². The SMILES string of the molecule is O=Cc1ccc([C@@]23CC4C[C@H](CCC[C@H]4C2)C3)cc1. The van der Waals surface area contributed by atoms with E-state index in [0.29, 0.717) is 5.41 Å². The van der Waals surface area contributed by atoms with E-state index < -0.39 is 0 Å². The first-order chi connectivity index (χ1) is 9.29. The maximum Gasteiger partial charge on any atom is 0.150 e. The largest absolute Gasteiger partial charge is 0.298 e. The molecule has 3 aliphatic carbocycles. The molecule has 1 unspecified atom stereocenters. The Kier molecular flexibility index (Phi) is 2.58. The van der Waals surface area contributed by atoms with Crippen LogP contribution >= 0.6 is 0 Å². The molecule has 1 nitrogen and oxygen atoms in total. The number of hydrogen-bond donors (Lipinski definition) is 0. The minimum Gasteiger partial charge on any atom is -0.298 e. The van der Waals surface area contributed by atoms with Gasteiger partial charge in [0.25, 0.3) is 0 Å². The molecule has 0 radical (unpaired) electrons. The molecule has 100 valence electrons. The number of aldehydes is 1. The van der Waals surface area contributed by atoms with Crippen molar-refractivity contribution in [3.05, 3.63) is 35.4 Å². The Bertz CT molecular complexity index is 485. The fourth-order valence-corrected chi connectivity index (χ4v) is 5.42. The molecular weight excluding hydrogens is 232 g/mol. The third kappa shape index (κ3) is 1.78. The van der Waals surface area contributed by atoms with E-state index in [4.69, 9.17) is 0 Å². The number of benzene rings is 1. The Hall–Kier alpha value is -1.11. The minimum absolute atomic E-state index is 0.458. The second-order valence-corrected chi connectivity index (χ2v) is 7.19. The van der Waals surface area contributed by atoms with Crippen molar-refractivity contribution in [2.45, 2.75) is 50.4 Å². The van der Waals surface area contributed by atoms with Crippen molar-refractivity contribution in [3.63, 3.8) is 0 Å². The highest BCUT2D eigenvalue weighted by atomic mass is 16.1. The third-order valence-corrected chi connectivity index (χ3v) is 6.13. The summed E-state index contributed by atoms with van der Waals surface area (Å²) in [6.07, 6.45) is 11.1. The van der Waals surface area contributed by atoms with Crippen molar-refractivity contribution in [3.8, 4) is 0 Å². The summed E-state index contributed by atoms with van der Waals surface area (Å²) < 4.78 is 0. The molecule has 0 N–H and O–H groups in total. The first-order valence-electron chi connectivity index (χ1n) is 7.85. The lowest BCUT2D eigenvalue weighted by Gasteiger charge is -2.38. The number of rotatable bonds is 2. The summed E-state index contributed by atoms with van der Waals surface area (Å²) in [6.45, 7) is 0. The van der Waals surface area contributed by atoms with Crippen molar-refractivity contribution in [1.29, 1.82) is 0 Å². The molecule has 1 aromatic carbocycles. The first kappa shape index (κ1) is 11.7. The third-order valence-electron chi connectivity index (χ3n) is 6.13. The lowest BCUT2D eigenvalue weighted by atomic mass is 9.66. The summed E-state index contributed by atoms with van der Waals surface area (Å²) in [7, 11) is 0. The molecule has 1 aromatic rings. The van der Waals surface area contributed by atoms with Crippen LogP contribution in [0.3, 0.4) is 0 Å².